The minimum atomic E-state index is -3.13. The Morgan fingerprint density at radius 2 is 2.30 bits per heavy atom. The number of hydrogen-bond acceptors (Lipinski definition) is 5. The van der Waals surface area contributed by atoms with Gasteiger partial charge in [-0.2, -0.15) is 5.10 Å². The lowest BCUT2D eigenvalue weighted by Crippen LogP contribution is -2.38. The zero-order valence-electron chi connectivity index (χ0n) is 13.2. The zero-order chi connectivity index (χ0) is 16.3. The van der Waals surface area contributed by atoms with Gasteiger partial charge in [0.15, 0.2) is 0 Å². The molecular formula is C15H22N4O2S2. The number of nitrogens with one attached hydrogen (secondary N) is 1. The molecule has 0 saturated carbocycles. The molecule has 0 aliphatic carbocycles. The van der Waals surface area contributed by atoms with Crippen LogP contribution in [-0.2, 0) is 23.1 Å². The van der Waals surface area contributed by atoms with Gasteiger partial charge in [0.25, 0.3) is 0 Å². The molecule has 8 heteroatoms. The van der Waals surface area contributed by atoms with Crippen LogP contribution in [0.2, 0.25) is 0 Å². The quantitative estimate of drug-likeness (QED) is 0.824. The summed E-state index contributed by atoms with van der Waals surface area (Å²) in [7, 11) is -3.13. The van der Waals surface area contributed by atoms with Crippen LogP contribution in [0.1, 0.15) is 30.0 Å². The number of nitrogens with zero attached hydrogens (tertiary/aromatic N) is 3. The van der Waals surface area contributed by atoms with Gasteiger partial charge in [-0.05, 0) is 30.9 Å². The van der Waals surface area contributed by atoms with E-state index in [2.05, 4.69) is 32.2 Å². The average molecular weight is 355 g/mol. The van der Waals surface area contributed by atoms with Crippen LogP contribution in [0.25, 0.3) is 0 Å². The highest BCUT2D eigenvalue weighted by Crippen LogP contribution is 2.25. The van der Waals surface area contributed by atoms with E-state index in [0.717, 1.165) is 26.1 Å². The summed E-state index contributed by atoms with van der Waals surface area (Å²) in [6.07, 6.45) is 2.57. The molecule has 2 aromatic rings. The van der Waals surface area contributed by atoms with Gasteiger partial charge in [0.1, 0.15) is 0 Å². The molecule has 3 heterocycles. The van der Waals surface area contributed by atoms with E-state index >= 15 is 0 Å². The third-order valence-corrected chi connectivity index (χ3v) is 6.36. The molecule has 1 aliphatic rings. The summed E-state index contributed by atoms with van der Waals surface area (Å²) in [5.41, 5.74) is 1.19. The van der Waals surface area contributed by atoms with E-state index in [4.69, 9.17) is 0 Å². The molecule has 0 bridgehead atoms. The number of fused-ring (bicyclic) bond motifs is 1. The van der Waals surface area contributed by atoms with Crippen molar-refractivity contribution in [2.75, 3.05) is 18.8 Å². The number of rotatable bonds is 7. The molecule has 1 aliphatic heterocycles. The normalized spacial score (nSPS) is 18.9. The Bertz CT molecular complexity index is 725. The number of thiophene rings is 1. The fraction of sp³-hybridized carbons (Fsp3) is 0.533. The maximum absolute atomic E-state index is 11.6. The smallest absolute Gasteiger partial charge is 0.211 e. The molecule has 1 unspecified atom stereocenters. The predicted molar refractivity (Wildman–Crippen MR) is 91.8 cm³/mol. The summed E-state index contributed by atoms with van der Waals surface area (Å²) < 4.78 is 27.8. The first-order chi connectivity index (χ1) is 11.1. The molecule has 0 spiro atoms. The van der Waals surface area contributed by atoms with Crippen molar-refractivity contribution >= 4 is 21.4 Å². The van der Waals surface area contributed by atoms with Crippen LogP contribution in [0.3, 0.4) is 0 Å². The monoisotopic (exact) mass is 354 g/mol. The van der Waals surface area contributed by atoms with E-state index in [9.17, 15) is 8.42 Å². The lowest BCUT2D eigenvalue weighted by molar-refractivity contribution is 0.163. The van der Waals surface area contributed by atoms with Gasteiger partial charge in [0, 0.05) is 37.3 Å². The van der Waals surface area contributed by atoms with Crippen LogP contribution in [-0.4, -0.2) is 41.9 Å². The minimum Gasteiger partial charge on any atom is -0.290 e. The number of hydrogen-bond donors (Lipinski definition) is 1. The van der Waals surface area contributed by atoms with Gasteiger partial charge in [-0.3, -0.25) is 9.58 Å². The van der Waals surface area contributed by atoms with Crippen LogP contribution in [0.15, 0.2) is 29.8 Å². The Hall–Kier alpha value is -1.22. The van der Waals surface area contributed by atoms with Crippen molar-refractivity contribution in [3.05, 3.63) is 40.3 Å². The van der Waals surface area contributed by atoms with Crippen LogP contribution >= 0.6 is 11.3 Å². The Balaban J connectivity index is 1.64. The predicted octanol–water partition coefficient (Wildman–Crippen LogP) is 1.83. The molecular weight excluding hydrogens is 332 g/mol. The van der Waals surface area contributed by atoms with E-state index in [1.165, 1.54) is 10.6 Å². The maximum atomic E-state index is 11.6. The highest BCUT2D eigenvalue weighted by molar-refractivity contribution is 7.89. The molecule has 3 rings (SSSR count). The number of sulfonamides is 1. The van der Waals surface area contributed by atoms with Crippen LogP contribution in [0, 0.1) is 0 Å². The van der Waals surface area contributed by atoms with Crippen molar-refractivity contribution in [1.29, 1.82) is 0 Å². The van der Waals surface area contributed by atoms with E-state index in [-0.39, 0.29) is 11.8 Å². The van der Waals surface area contributed by atoms with E-state index in [1.807, 2.05) is 16.9 Å². The summed E-state index contributed by atoms with van der Waals surface area (Å²) in [5.74, 6) is 0.120. The third kappa shape index (κ3) is 4.20. The van der Waals surface area contributed by atoms with E-state index in [1.54, 1.807) is 18.3 Å². The van der Waals surface area contributed by atoms with Gasteiger partial charge >= 0.3 is 0 Å². The fourth-order valence-electron chi connectivity index (χ4n) is 2.90. The van der Waals surface area contributed by atoms with Gasteiger partial charge in [-0.1, -0.05) is 6.07 Å². The standard InChI is InChI=1S/C15H22N4O2S2/c1-2-23(20,21)17-8-6-14-11-18(12-15-4-3-9-22-15)10-13-5-7-16-19(13)14/h3-5,7,9,14,17H,2,6,8,10-12H2,1H3. The third-order valence-electron chi connectivity index (χ3n) is 4.09. The summed E-state index contributed by atoms with van der Waals surface area (Å²) in [6, 6.07) is 6.48. The molecule has 126 valence electrons. The summed E-state index contributed by atoms with van der Waals surface area (Å²) >= 11 is 1.77. The molecule has 0 aromatic carbocycles. The van der Waals surface area contributed by atoms with Crippen LogP contribution in [0.5, 0.6) is 0 Å². The molecule has 0 saturated heterocycles. The lowest BCUT2D eigenvalue weighted by atomic mass is 10.1. The van der Waals surface area contributed by atoms with Crippen molar-refractivity contribution in [3.63, 3.8) is 0 Å². The average Bonchev–Trinajstić information content (AvgIpc) is 3.18. The maximum Gasteiger partial charge on any atom is 0.211 e. The van der Waals surface area contributed by atoms with E-state index < -0.39 is 10.0 Å². The van der Waals surface area contributed by atoms with E-state index in [0.29, 0.717) is 6.54 Å². The van der Waals surface area contributed by atoms with Gasteiger partial charge in [-0.15, -0.1) is 11.3 Å². The van der Waals surface area contributed by atoms with Crippen molar-refractivity contribution < 1.29 is 8.42 Å². The van der Waals surface area contributed by atoms with Gasteiger partial charge in [-0.25, -0.2) is 13.1 Å². The van der Waals surface area contributed by atoms with Crippen LogP contribution in [0.4, 0.5) is 0 Å². The molecule has 2 aromatic heterocycles. The zero-order valence-corrected chi connectivity index (χ0v) is 14.8. The molecule has 0 fully saturated rings. The second-order valence-electron chi connectivity index (χ2n) is 5.76. The van der Waals surface area contributed by atoms with Gasteiger partial charge < -0.3 is 0 Å². The first-order valence-corrected chi connectivity index (χ1v) is 10.3. The largest absolute Gasteiger partial charge is 0.290 e. The summed E-state index contributed by atoms with van der Waals surface area (Å²) in [6.45, 7) is 4.81. The van der Waals surface area contributed by atoms with Gasteiger partial charge in [0.05, 0.1) is 17.5 Å². The SMILES string of the molecule is CCS(=O)(=O)NCCC1CN(Cc2cccs2)Cc2ccnn21. The molecule has 1 atom stereocenters. The van der Waals surface area contributed by atoms with Crippen molar-refractivity contribution in [2.24, 2.45) is 0 Å². The Morgan fingerprint density at radius 1 is 1.43 bits per heavy atom. The Labute approximate surface area is 141 Å². The molecule has 0 radical (unpaired) electrons. The topological polar surface area (TPSA) is 67.2 Å². The molecule has 1 N–H and O–H groups in total. The summed E-state index contributed by atoms with van der Waals surface area (Å²) in [4.78, 5) is 3.75. The van der Waals surface area contributed by atoms with Crippen molar-refractivity contribution in [1.82, 2.24) is 19.4 Å². The Kier molecular flexibility index (Phi) is 5.15. The highest BCUT2D eigenvalue weighted by Gasteiger charge is 2.25. The molecule has 6 nitrogen and oxygen atoms in total. The second-order valence-corrected chi connectivity index (χ2v) is 8.88. The fourth-order valence-corrected chi connectivity index (χ4v) is 4.28. The van der Waals surface area contributed by atoms with Crippen LogP contribution < -0.4 is 4.72 Å². The summed E-state index contributed by atoms with van der Waals surface area (Å²) in [5, 5.41) is 6.52. The minimum absolute atomic E-state index is 0.120. The van der Waals surface area contributed by atoms with Gasteiger partial charge in [0.2, 0.25) is 10.0 Å². The van der Waals surface area contributed by atoms with Crippen molar-refractivity contribution in [2.45, 2.75) is 32.5 Å². The molecule has 0 amide bonds. The second kappa shape index (κ2) is 7.12. The first-order valence-electron chi connectivity index (χ1n) is 7.82. The first kappa shape index (κ1) is 16.6. The molecule has 23 heavy (non-hydrogen) atoms. The lowest BCUT2D eigenvalue weighted by Gasteiger charge is -2.33. The van der Waals surface area contributed by atoms with Crippen molar-refractivity contribution in [3.8, 4) is 0 Å². The Morgan fingerprint density at radius 3 is 3.04 bits per heavy atom. The number of aromatic nitrogens is 2. The highest BCUT2D eigenvalue weighted by atomic mass is 32.2.